The number of piperidine rings is 1. The molecule has 1 saturated carbocycles. The van der Waals surface area contributed by atoms with Crippen molar-refractivity contribution in [1.82, 2.24) is 15.2 Å². The number of allylic oxidation sites excluding steroid dienone is 5. The fraction of sp³-hybridized carbons (Fsp3) is 0.481. The van der Waals surface area contributed by atoms with Gasteiger partial charge >= 0.3 is 0 Å². The van der Waals surface area contributed by atoms with Crippen molar-refractivity contribution >= 4 is 23.4 Å². The zero-order valence-electron chi connectivity index (χ0n) is 20.4. The highest BCUT2D eigenvalue weighted by atomic mass is 35.5. The summed E-state index contributed by atoms with van der Waals surface area (Å²) in [7, 11) is 0. The number of amides is 2. The van der Waals surface area contributed by atoms with E-state index < -0.39 is 11.8 Å². The molecule has 0 aromatic carbocycles. The summed E-state index contributed by atoms with van der Waals surface area (Å²) in [5.41, 5.74) is 3.06. The van der Waals surface area contributed by atoms with Gasteiger partial charge in [0.25, 0.3) is 5.91 Å². The molecule has 2 unspecified atom stereocenters. The van der Waals surface area contributed by atoms with E-state index in [9.17, 15) is 23.6 Å². The molecular weight excluding hydrogens is 486 g/mol. The minimum Gasteiger partial charge on any atom is -0.342 e. The van der Waals surface area contributed by atoms with Crippen molar-refractivity contribution in [2.24, 2.45) is 17.8 Å². The number of rotatable bonds is 4. The van der Waals surface area contributed by atoms with Gasteiger partial charge in [0.2, 0.25) is 11.8 Å². The lowest BCUT2D eigenvalue weighted by molar-refractivity contribution is -0.136. The van der Waals surface area contributed by atoms with Gasteiger partial charge in [0.15, 0.2) is 0 Å². The normalized spacial score (nSPS) is 25.5. The number of alkyl halides is 2. The Morgan fingerprint density at radius 1 is 1.33 bits per heavy atom. The highest BCUT2D eigenvalue weighted by Gasteiger charge is 2.43. The third-order valence-electron chi connectivity index (χ3n) is 7.34. The molecule has 3 atom stereocenters. The van der Waals surface area contributed by atoms with Crippen LogP contribution in [0.2, 0.25) is 0 Å². The Morgan fingerprint density at radius 3 is 2.69 bits per heavy atom. The van der Waals surface area contributed by atoms with Gasteiger partial charge in [-0.3, -0.25) is 14.6 Å². The van der Waals surface area contributed by atoms with E-state index in [1.165, 1.54) is 17.8 Å². The standard InChI is InChI=1S/C27H29ClF2N4O2/c1-16-20(9-18-4-7-34(8-5-18)26(36)19-3-6-27(29,30)13-19)11-23(28)12-24(16)33-25(35)22-10-21(14-31)17(2)32-15-22/h9-12,15-16,19-20H,3-8,13H2,1-2H3,(H,33,35)/t16?,19-,20?/m0/s1. The van der Waals surface area contributed by atoms with E-state index in [1.807, 2.05) is 19.1 Å². The molecule has 2 heterocycles. The second-order valence-electron chi connectivity index (χ2n) is 9.89. The van der Waals surface area contributed by atoms with Gasteiger partial charge in [-0.2, -0.15) is 5.26 Å². The Kier molecular flexibility index (Phi) is 7.60. The SMILES string of the molecule is Cc1ncc(C(=O)NC2=CC(Cl)=CC(C=C3CCN(C(=O)[C@H]4CCC(F)(F)C4)CC3)C2C)cc1C#N. The Bertz CT molecular complexity index is 1190. The van der Waals surface area contributed by atoms with E-state index in [4.69, 9.17) is 11.6 Å². The molecule has 2 amide bonds. The Balaban J connectivity index is 1.38. The van der Waals surface area contributed by atoms with Gasteiger partial charge in [-0.15, -0.1) is 0 Å². The van der Waals surface area contributed by atoms with Crippen molar-refractivity contribution in [3.05, 3.63) is 63.6 Å². The monoisotopic (exact) mass is 514 g/mol. The minimum atomic E-state index is -2.72. The molecule has 2 aliphatic carbocycles. The highest BCUT2D eigenvalue weighted by molar-refractivity contribution is 6.31. The summed E-state index contributed by atoms with van der Waals surface area (Å²) >= 11 is 6.38. The Hall–Kier alpha value is -3.05. The van der Waals surface area contributed by atoms with Crippen LogP contribution in [0.3, 0.4) is 0 Å². The number of carbonyl (C=O) groups excluding carboxylic acids is 2. The van der Waals surface area contributed by atoms with E-state index in [0.29, 0.717) is 53.5 Å². The lowest BCUT2D eigenvalue weighted by atomic mass is 9.84. The average molecular weight is 515 g/mol. The predicted octanol–water partition coefficient (Wildman–Crippen LogP) is 5.25. The molecule has 1 aliphatic heterocycles. The molecule has 6 nitrogen and oxygen atoms in total. The van der Waals surface area contributed by atoms with Gasteiger partial charge in [-0.05, 0) is 38.3 Å². The largest absolute Gasteiger partial charge is 0.342 e. The maximum Gasteiger partial charge on any atom is 0.257 e. The molecule has 2 fully saturated rings. The summed E-state index contributed by atoms with van der Waals surface area (Å²) in [6, 6.07) is 3.56. The van der Waals surface area contributed by atoms with Crippen LogP contribution in [0.1, 0.15) is 60.6 Å². The van der Waals surface area contributed by atoms with Crippen LogP contribution in [-0.2, 0) is 4.79 Å². The summed E-state index contributed by atoms with van der Waals surface area (Å²) in [6.45, 7) is 4.75. The molecule has 1 aromatic rings. The summed E-state index contributed by atoms with van der Waals surface area (Å²) in [6.07, 6.45) is 8.32. The highest BCUT2D eigenvalue weighted by Crippen LogP contribution is 2.40. The van der Waals surface area contributed by atoms with Crippen molar-refractivity contribution in [1.29, 1.82) is 5.26 Å². The molecule has 36 heavy (non-hydrogen) atoms. The van der Waals surface area contributed by atoms with Gasteiger partial charge in [0.1, 0.15) is 6.07 Å². The second-order valence-corrected chi connectivity index (χ2v) is 10.3. The summed E-state index contributed by atoms with van der Waals surface area (Å²) < 4.78 is 27.1. The zero-order chi connectivity index (χ0) is 26.0. The molecular formula is C27H29ClF2N4O2. The van der Waals surface area contributed by atoms with E-state index in [2.05, 4.69) is 16.4 Å². The van der Waals surface area contributed by atoms with Crippen LogP contribution in [0.5, 0.6) is 0 Å². The van der Waals surface area contributed by atoms with Crippen LogP contribution in [0, 0.1) is 36.0 Å². The van der Waals surface area contributed by atoms with Gasteiger partial charge in [-0.25, -0.2) is 8.78 Å². The minimum absolute atomic E-state index is 0.0469. The molecule has 1 saturated heterocycles. The summed E-state index contributed by atoms with van der Waals surface area (Å²) in [4.78, 5) is 31.3. The van der Waals surface area contributed by atoms with Crippen LogP contribution in [0.4, 0.5) is 8.78 Å². The third kappa shape index (κ3) is 5.84. The van der Waals surface area contributed by atoms with Crippen LogP contribution >= 0.6 is 11.6 Å². The number of halogens is 3. The fourth-order valence-corrected chi connectivity index (χ4v) is 5.31. The number of aromatic nitrogens is 1. The number of aryl methyl sites for hydroxylation is 1. The predicted molar refractivity (Wildman–Crippen MR) is 132 cm³/mol. The van der Waals surface area contributed by atoms with Crippen molar-refractivity contribution in [2.45, 2.75) is 51.9 Å². The number of pyridine rings is 1. The van der Waals surface area contributed by atoms with Crippen LogP contribution in [0.25, 0.3) is 0 Å². The van der Waals surface area contributed by atoms with Crippen molar-refractivity contribution in [3.8, 4) is 6.07 Å². The number of likely N-dealkylation sites (tertiary alicyclic amines) is 1. The number of hydrogen-bond donors (Lipinski definition) is 1. The number of nitrogens with one attached hydrogen (secondary N) is 1. The van der Waals surface area contributed by atoms with E-state index in [1.54, 1.807) is 17.9 Å². The third-order valence-corrected chi connectivity index (χ3v) is 7.57. The maximum absolute atomic E-state index is 13.5. The van der Waals surface area contributed by atoms with E-state index in [0.717, 1.165) is 0 Å². The summed E-state index contributed by atoms with van der Waals surface area (Å²) in [5.74, 6) is -3.92. The Morgan fingerprint density at radius 2 is 2.06 bits per heavy atom. The maximum atomic E-state index is 13.5. The van der Waals surface area contributed by atoms with Gasteiger partial charge in [-0.1, -0.05) is 36.2 Å². The summed E-state index contributed by atoms with van der Waals surface area (Å²) in [5, 5.41) is 12.7. The molecule has 3 aliphatic rings. The van der Waals surface area contributed by atoms with Gasteiger partial charge in [0.05, 0.1) is 16.8 Å². The molecule has 0 spiro atoms. The first-order chi connectivity index (χ1) is 17.1. The Labute approximate surface area is 214 Å². The quantitative estimate of drug-likeness (QED) is 0.556. The number of carbonyl (C=O) groups is 2. The second kappa shape index (κ2) is 10.5. The molecule has 190 valence electrons. The van der Waals surface area contributed by atoms with Crippen molar-refractivity contribution in [3.63, 3.8) is 0 Å². The van der Waals surface area contributed by atoms with Crippen LogP contribution < -0.4 is 5.32 Å². The topological polar surface area (TPSA) is 86.1 Å². The zero-order valence-corrected chi connectivity index (χ0v) is 21.1. The van der Waals surface area contributed by atoms with Crippen LogP contribution in [0.15, 0.2) is 46.8 Å². The van der Waals surface area contributed by atoms with E-state index in [-0.39, 0.29) is 42.9 Å². The van der Waals surface area contributed by atoms with Gasteiger partial charge in [0, 0.05) is 60.6 Å². The number of hydrogen-bond acceptors (Lipinski definition) is 4. The van der Waals surface area contributed by atoms with Crippen molar-refractivity contribution < 1.29 is 18.4 Å². The lowest BCUT2D eigenvalue weighted by Gasteiger charge is -2.32. The molecule has 1 N–H and O–H groups in total. The molecule has 9 heteroatoms. The number of nitrogens with zero attached hydrogens (tertiary/aromatic N) is 3. The number of nitriles is 1. The smallest absolute Gasteiger partial charge is 0.257 e. The molecule has 4 rings (SSSR count). The average Bonchev–Trinajstić information content (AvgIpc) is 3.21. The lowest BCUT2D eigenvalue weighted by Crippen LogP contribution is -2.40. The van der Waals surface area contributed by atoms with Crippen molar-refractivity contribution in [2.75, 3.05) is 13.1 Å². The van der Waals surface area contributed by atoms with Crippen LogP contribution in [-0.4, -0.2) is 40.7 Å². The molecule has 0 radical (unpaired) electrons. The molecule has 1 aromatic heterocycles. The van der Waals surface area contributed by atoms with Gasteiger partial charge < -0.3 is 10.2 Å². The first-order valence-electron chi connectivity index (χ1n) is 12.2. The molecule has 0 bridgehead atoms. The first kappa shape index (κ1) is 26.0. The first-order valence-corrected chi connectivity index (χ1v) is 12.6. The van der Waals surface area contributed by atoms with E-state index >= 15 is 0 Å². The fourth-order valence-electron chi connectivity index (χ4n) is 5.05.